The van der Waals surface area contributed by atoms with Crippen molar-refractivity contribution in [3.05, 3.63) is 163 Å². The van der Waals surface area contributed by atoms with E-state index in [1.165, 1.54) is 0 Å². The molecule has 0 fully saturated rings. The van der Waals surface area contributed by atoms with E-state index in [4.69, 9.17) is 33.9 Å². The van der Waals surface area contributed by atoms with Crippen molar-refractivity contribution in [2.75, 3.05) is 0 Å². The lowest BCUT2D eigenvalue weighted by Crippen LogP contribution is -2.00. The molecule has 0 unspecified atom stereocenters. The number of hydrogen-bond donors (Lipinski definition) is 0. The topological polar surface area (TPSA) is 65.0 Å². The van der Waals surface area contributed by atoms with Gasteiger partial charge in [-0.15, -0.1) is 0 Å². The SMILES string of the molecule is [2H]c1c([2H])c([2H])c2c(oc3c([2H])c(-c4nc(-c5cccc(-c6cccc(-c7ccccc7)c6)c5)nc(-c5c([2H])c([2H])c([2H])c6oc7c([2H])c([2H])c([2H])c([2H])c7c56)n4)c([2H])c([2H])c32)c1[2H]. The van der Waals surface area contributed by atoms with Gasteiger partial charge in [0.05, 0.1) is 19.2 Å². The Kier molecular flexibility index (Phi) is 3.99. The maximum atomic E-state index is 9.39. The molecule has 50 heavy (non-hydrogen) atoms. The fraction of sp³-hybridized carbons (Fsp3) is 0. The monoisotopic (exact) mass is 655 g/mol. The van der Waals surface area contributed by atoms with Crippen molar-refractivity contribution in [2.45, 2.75) is 0 Å². The lowest BCUT2D eigenvalue weighted by atomic mass is 9.98. The van der Waals surface area contributed by atoms with Crippen LogP contribution in [0.5, 0.6) is 0 Å². The molecule has 10 aromatic rings. The number of hydrogen-bond acceptors (Lipinski definition) is 5. The fourth-order valence-electron chi connectivity index (χ4n) is 6.01. The molecule has 10 rings (SSSR count). The molecule has 0 spiro atoms. The highest BCUT2D eigenvalue weighted by atomic mass is 16.3. The van der Waals surface area contributed by atoms with E-state index in [0.717, 1.165) is 22.3 Å². The van der Waals surface area contributed by atoms with Gasteiger partial charge in [-0.1, -0.05) is 121 Å². The number of aromatic nitrogens is 3. The first kappa shape index (κ1) is 17.5. The average Bonchev–Trinajstić information content (AvgIpc) is 3.92. The van der Waals surface area contributed by atoms with Crippen LogP contribution >= 0.6 is 0 Å². The summed E-state index contributed by atoms with van der Waals surface area (Å²) in [7, 11) is 0. The standard InChI is InChI=1S/C45H27N3O2/c1-2-11-28(12-3-1)29-13-8-14-30(25-29)31-15-9-16-32(26-31)43-46-44(33-23-24-35-34-17-4-6-20-38(34)50-41(35)27-33)48-45(47-43)37-19-10-22-40-42(37)36-18-5-7-21-39(36)49-40/h1-27H/i4D,5D,6D,7D,10D,17D,18D,19D,20D,21D,22D,23D,24D,27D. The van der Waals surface area contributed by atoms with Crippen LogP contribution in [0.25, 0.3) is 100 Å². The van der Waals surface area contributed by atoms with Crippen molar-refractivity contribution < 1.29 is 28.0 Å². The van der Waals surface area contributed by atoms with E-state index in [-0.39, 0.29) is 72.5 Å². The summed E-state index contributed by atoms with van der Waals surface area (Å²) in [5.41, 5.74) is 1.97. The van der Waals surface area contributed by atoms with Gasteiger partial charge in [0.15, 0.2) is 17.5 Å². The molecule has 0 atom stereocenters. The summed E-state index contributed by atoms with van der Waals surface area (Å²) in [5, 5.41) is -0.723. The summed E-state index contributed by atoms with van der Waals surface area (Å²) < 4.78 is 134. The van der Waals surface area contributed by atoms with Crippen molar-refractivity contribution in [2.24, 2.45) is 0 Å². The quantitative estimate of drug-likeness (QED) is 0.185. The normalized spacial score (nSPS) is 15.5. The molecule has 5 heteroatoms. The molecule has 0 saturated carbocycles. The van der Waals surface area contributed by atoms with Crippen LogP contribution in [0.3, 0.4) is 0 Å². The van der Waals surface area contributed by atoms with E-state index < -0.39 is 84.6 Å². The van der Waals surface area contributed by atoms with Crippen LogP contribution in [0, 0.1) is 0 Å². The van der Waals surface area contributed by atoms with Crippen molar-refractivity contribution in [1.29, 1.82) is 0 Å². The number of furan rings is 2. The lowest BCUT2D eigenvalue weighted by molar-refractivity contribution is 0.668. The largest absolute Gasteiger partial charge is 0.456 e. The Morgan fingerprint density at radius 3 is 1.76 bits per heavy atom. The number of benzene rings is 7. The number of nitrogens with zero attached hydrogens (tertiary/aromatic N) is 3. The first-order valence-corrected chi connectivity index (χ1v) is 15.5. The number of fused-ring (bicyclic) bond motifs is 6. The Labute approximate surface area is 306 Å². The zero-order chi connectivity index (χ0) is 45.2. The van der Waals surface area contributed by atoms with Crippen LogP contribution in [0.1, 0.15) is 19.2 Å². The lowest BCUT2D eigenvalue weighted by Gasteiger charge is -2.11. The Bertz CT molecular complexity index is 3680. The maximum absolute atomic E-state index is 9.39. The van der Waals surface area contributed by atoms with Gasteiger partial charge >= 0.3 is 0 Å². The van der Waals surface area contributed by atoms with Gasteiger partial charge in [-0.25, -0.2) is 15.0 Å². The van der Waals surface area contributed by atoms with E-state index in [9.17, 15) is 4.11 Å². The summed E-state index contributed by atoms with van der Waals surface area (Å²) in [6.07, 6.45) is 0. The van der Waals surface area contributed by atoms with Gasteiger partial charge in [0.2, 0.25) is 0 Å². The average molecular weight is 656 g/mol. The third kappa shape index (κ3) is 4.75. The minimum Gasteiger partial charge on any atom is -0.456 e. The molecule has 7 aromatic carbocycles. The van der Waals surface area contributed by atoms with Crippen LogP contribution in [-0.2, 0) is 0 Å². The fourth-order valence-corrected chi connectivity index (χ4v) is 6.01. The number of rotatable bonds is 5. The summed E-state index contributed by atoms with van der Waals surface area (Å²) in [4.78, 5) is 14.2. The van der Waals surface area contributed by atoms with Gasteiger partial charge in [0.25, 0.3) is 0 Å². The predicted octanol–water partition coefficient (Wildman–Crippen LogP) is 12.0. The van der Waals surface area contributed by atoms with E-state index >= 15 is 0 Å². The molecule has 0 bridgehead atoms. The Balaban J connectivity index is 1.29. The van der Waals surface area contributed by atoms with Crippen LogP contribution in [-0.4, -0.2) is 15.0 Å². The Morgan fingerprint density at radius 2 is 0.960 bits per heavy atom. The van der Waals surface area contributed by atoms with Gasteiger partial charge in [-0.3, -0.25) is 0 Å². The first-order chi connectivity index (χ1) is 30.6. The first-order valence-electron chi connectivity index (χ1n) is 22.5. The van der Waals surface area contributed by atoms with Crippen molar-refractivity contribution in [3.8, 4) is 56.4 Å². The molecule has 0 amide bonds. The Hall–Kier alpha value is -6.85. The zero-order valence-corrected chi connectivity index (χ0v) is 25.7. The second-order valence-corrected chi connectivity index (χ2v) is 11.4. The summed E-state index contributed by atoms with van der Waals surface area (Å²) in [5.74, 6) is -0.810. The van der Waals surface area contributed by atoms with Crippen LogP contribution < -0.4 is 0 Å². The Morgan fingerprint density at radius 1 is 0.400 bits per heavy atom. The third-order valence-electron chi connectivity index (χ3n) is 8.34. The minimum absolute atomic E-state index is 0.0700. The van der Waals surface area contributed by atoms with Crippen molar-refractivity contribution >= 4 is 43.9 Å². The summed E-state index contributed by atoms with van der Waals surface area (Å²) in [6.45, 7) is 0. The highest BCUT2D eigenvalue weighted by molar-refractivity contribution is 6.12. The van der Waals surface area contributed by atoms with Gasteiger partial charge in [-0.05, 0) is 64.6 Å². The van der Waals surface area contributed by atoms with E-state index in [0.29, 0.717) is 5.56 Å². The molecule has 0 aliphatic rings. The van der Waals surface area contributed by atoms with Gasteiger partial charge in [-0.2, -0.15) is 0 Å². The van der Waals surface area contributed by atoms with Crippen LogP contribution in [0.15, 0.2) is 172 Å². The molecule has 0 N–H and O–H groups in total. The molecule has 3 aromatic heterocycles. The minimum atomic E-state index is -0.639. The molecular weight excluding hydrogens is 615 g/mol. The molecule has 5 nitrogen and oxygen atoms in total. The number of para-hydroxylation sites is 2. The maximum Gasteiger partial charge on any atom is 0.164 e. The molecule has 0 saturated heterocycles. The second kappa shape index (κ2) is 11.4. The third-order valence-corrected chi connectivity index (χ3v) is 8.34. The van der Waals surface area contributed by atoms with E-state index in [1.807, 2.05) is 60.7 Å². The molecule has 0 aliphatic heterocycles. The zero-order valence-electron chi connectivity index (χ0n) is 39.7. The van der Waals surface area contributed by atoms with Crippen LogP contribution in [0.4, 0.5) is 0 Å². The van der Waals surface area contributed by atoms with Crippen LogP contribution in [0.2, 0.25) is 0 Å². The van der Waals surface area contributed by atoms with Gasteiger partial charge in [0.1, 0.15) is 22.3 Å². The van der Waals surface area contributed by atoms with E-state index in [2.05, 4.69) is 4.98 Å². The van der Waals surface area contributed by atoms with Gasteiger partial charge < -0.3 is 8.83 Å². The highest BCUT2D eigenvalue weighted by Gasteiger charge is 2.19. The molecule has 3 heterocycles. The summed E-state index contributed by atoms with van der Waals surface area (Å²) >= 11 is 0. The smallest absolute Gasteiger partial charge is 0.164 e. The molecule has 0 radical (unpaired) electrons. The molecule has 234 valence electrons. The predicted molar refractivity (Wildman–Crippen MR) is 202 cm³/mol. The van der Waals surface area contributed by atoms with Gasteiger partial charge in [0, 0.05) is 38.2 Å². The van der Waals surface area contributed by atoms with E-state index in [1.54, 1.807) is 18.2 Å². The summed E-state index contributed by atoms with van der Waals surface area (Å²) in [6, 6.07) is 16.7. The highest BCUT2D eigenvalue weighted by Crippen LogP contribution is 2.38. The second-order valence-electron chi connectivity index (χ2n) is 11.4. The molecular formula is C45H27N3O2. The molecule has 0 aliphatic carbocycles. The van der Waals surface area contributed by atoms with Crippen molar-refractivity contribution in [3.63, 3.8) is 0 Å². The van der Waals surface area contributed by atoms with Crippen molar-refractivity contribution in [1.82, 2.24) is 15.0 Å².